The van der Waals surface area contributed by atoms with Crippen molar-refractivity contribution in [3.8, 4) is 0 Å². The van der Waals surface area contributed by atoms with Gasteiger partial charge in [-0.2, -0.15) is 0 Å². The van der Waals surface area contributed by atoms with Crippen molar-refractivity contribution in [1.29, 1.82) is 0 Å². The van der Waals surface area contributed by atoms with Gasteiger partial charge in [-0.25, -0.2) is 8.42 Å². The minimum Gasteiger partial charge on any atom is -0.747 e. The molecule has 0 aromatic heterocycles. The molecule has 0 heterocycles. The Kier molecular flexibility index (Phi) is 7.38. The molecular weight excluding hydrogens is 244 g/mol. The van der Waals surface area contributed by atoms with Gasteiger partial charge in [0.2, 0.25) is 0 Å². The van der Waals surface area contributed by atoms with Gasteiger partial charge in [-0.15, -0.1) is 0 Å². The molecule has 2 unspecified atom stereocenters. The predicted molar refractivity (Wildman–Crippen MR) is 63.4 cm³/mol. The van der Waals surface area contributed by atoms with Crippen molar-refractivity contribution in [3.63, 3.8) is 0 Å². The molecular formula is C11H21O5S-. The number of hydrogen-bond donors (Lipinski definition) is 0. The predicted octanol–water partition coefficient (Wildman–Crippen LogP) is 1.68. The van der Waals surface area contributed by atoms with Crippen LogP contribution in [-0.2, 0) is 19.6 Å². The highest BCUT2D eigenvalue weighted by atomic mass is 32.2. The molecule has 0 aromatic rings. The van der Waals surface area contributed by atoms with Crippen LogP contribution in [0.3, 0.4) is 0 Å². The first-order valence-corrected chi connectivity index (χ1v) is 7.41. The number of carbonyl (C=O) groups is 1. The van der Waals surface area contributed by atoms with Crippen molar-refractivity contribution in [2.24, 2.45) is 5.92 Å². The highest BCUT2D eigenvalue weighted by Crippen LogP contribution is 2.13. The van der Waals surface area contributed by atoms with Gasteiger partial charge in [-0.05, 0) is 19.3 Å². The topological polar surface area (TPSA) is 83.5 Å². The Labute approximate surface area is 103 Å². The molecule has 0 aliphatic carbocycles. The Hall–Kier alpha value is -0.620. The van der Waals surface area contributed by atoms with Crippen LogP contribution in [0.15, 0.2) is 0 Å². The van der Waals surface area contributed by atoms with Gasteiger partial charge in [-0.3, -0.25) is 4.79 Å². The maximum atomic E-state index is 11.3. The second-order valence-electron chi connectivity index (χ2n) is 4.18. The van der Waals surface area contributed by atoms with Crippen LogP contribution in [0.5, 0.6) is 0 Å². The molecule has 0 aliphatic rings. The molecule has 102 valence electrons. The molecule has 17 heavy (non-hydrogen) atoms. The Morgan fingerprint density at radius 1 is 1.35 bits per heavy atom. The lowest BCUT2D eigenvalue weighted by Gasteiger charge is -2.18. The molecule has 0 aliphatic heterocycles. The molecule has 0 bridgehead atoms. The van der Waals surface area contributed by atoms with Crippen LogP contribution < -0.4 is 0 Å². The van der Waals surface area contributed by atoms with Crippen LogP contribution in [-0.4, -0.2) is 30.8 Å². The van der Waals surface area contributed by atoms with Gasteiger partial charge in [0.15, 0.2) is 0 Å². The molecule has 0 amide bonds. The molecule has 5 nitrogen and oxygen atoms in total. The van der Waals surface area contributed by atoms with E-state index in [0.717, 1.165) is 32.6 Å². The summed E-state index contributed by atoms with van der Waals surface area (Å²) in [7, 11) is -4.60. The smallest absolute Gasteiger partial charge is 0.322 e. The first kappa shape index (κ1) is 16.4. The van der Waals surface area contributed by atoms with Gasteiger partial charge in [0, 0.05) is 0 Å². The number of rotatable bonds is 8. The van der Waals surface area contributed by atoms with Gasteiger partial charge in [0.05, 0.1) is 6.61 Å². The SMILES string of the molecule is CCCCC(CC)COC(=O)C(C)S(=O)(=O)[O-]. The zero-order valence-electron chi connectivity index (χ0n) is 10.6. The van der Waals surface area contributed by atoms with Crippen LogP contribution in [0.25, 0.3) is 0 Å². The zero-order valence-corrected chi connectivity index (χ0v) is 11.5. The van der Waals surface area contributed by atoms with Crippen molar-refractivity contribution in [3.05, 3.63) is 0 Å². The monoisotopic (exact) mass is 265 g/mol. The van der Waals surface area contributed by atoms with Crippen LogP contribution in [0.4, 0.5) is 0 Å². The Bertz CT molecular complexity index is 323. The van der Waals surface area contributed by atoms with E-state index in [1.807, 2.05) is 6.92 Å². The lowest BCUT2D eigenvalue weighted by atomic mass is 10.0. The highest BCUT2D eigenvalue weighted by molar-refractivity contribution is 7.87. The number of hydrogen-bond acceptors (Lipinski definition) is 5. The van der Waals surface area contributed by atoms with Crippen LogP contribution >= 0.6 is 0 Å². The lowest BCUT2D eigenvalue weighted by molar-refractivity contribution is -0.144. The second-order valence-corrected chi connectivity index (χ2v) is 5.87. The molecule has 6 heteroatoms. The lowest BCUT2D eigenvalue weighted by Crippen LogP contribution is -2.30. The Balaban J connectivity index is 4.13. The fourth-order valence-electron chi connectivity index (χ4n) is 1.33. The number of carbonyl (C=O) groups excluding carboxylic acids is 1. The molecule has 0 fully saturated rings. The summed E-state index contributed by atoms with van der Waals surface area (Å²) in [5, 5.41) is -1.62. The van der Waals surface area contributed by atoms with Gasteiger partial charge < -0.3 is 9.29 Å². The minimum absolute atomic E-state index is 0.190. The van der Waals surface area contributed by atoms with Crippen molar-refractivity contribution >= 4 is 16.1 Å². The zero-order chi connectivity index (χ0) is 13.5. The first-order chi connectivity index (χ1) is 7.82. The third-order valence-corrected chi connectivity index (χ3v) is 3.83. The molecule has 0 radical (unpaired) electrons. The maximum absolute atomic E-state index is 11.3. The average molecular weight is 265 g/mol. The quantitative estimate of drug-likeness (QED) is 0.492. The fraction of sp³-hybridized carbons (Fsp3) is 0.909. The van der Waals surface area contributed by atoms with E-state index in [9.17, 15) is 17.8 Å². The van der Waals surface area contributed by atoms with Crippen molar-refractivity contribution in [2.75, 3.05) is 6.61 Å². The molecule has 0 rings (SSSR count). The van der Waals surface area contributed by atoms with Gasteiger partial charge in [-0.1, -0.05) is 33.1 Å². The normalized spacial score (nSPS) is 15.3. The summed E-state index contributed by atoms with van der Waals surface area (Å²) in [5.74, 6) is -0.713. The Morgan fingerprint density at radius 2 is 1.94 bits per heavy atom. The van der Waals surface area contributed by atoms with Crippen LogP contribution in [0, 0.1) is 5.92 Å². The Morgan fingerprint density at radius 3 is 2.35 bits per heavy atom. The standard InChI is InChI=1S/C11H22O5S/c1-4-6-7-10(5-2)8-16-11(12)9(3)17(13,14)15/h9-10H,4-8H2,1-3H3,(H,13,14,15)/p-1. The summed E-state index contributed by atoms with van der Waals surface area (Å²) in [4.78, 5) is 11.3. The number of unbranched alkanes of at least 4 members (excludes halogenated alkanes) is 1. The van der Waals surface area contributed by atoms with Crippen molar-refractivity contribution in [2.45, 2.75) is 51.7 Å². The van der Waals surface area contributed by atoms with Crippen LogP contribution in [0.1, 0.15) is 46.5 Å². The summed E-state index contributed by atoms with van der Waals surface area (Å²) in [6.45, 7) is 5.31. The van der Waals surface area contributed by atoms with Gasteiger partial charge in [0.1, 0.15) is 15.4 Å². The molecule has 0 saturated carbocycles. The largest absolute Gasteiger partial charge is 0.747 e. The highest BCUT2D eigenvalue weighted by Gasteiger charge is 2.22. The fourth-order valence-corrected chi connectivity index (χ4v) is 1.64. The molecule has 2 atom stereocenters. The van der Waals surface area contributed by atoms with E-state index in [4.69, 9.17) is 4.74 Å². The van der Waals surface area contributed by atoms with E-state index in [0.29, 0.717) is 0 Å². The number of esters is 1. The second kappa shape index (κ2) is 7.66. The van der Waals surface area contributed by atoms with Crippen LogP contribution in [0.2, 0.25) is 0 Å². The van der Waals surface area contributed by atoms with Gasteiger partial charge in [0.25, 0.3) is 0 Å². The summed E-state index contributed by atoms with van der Waals surface area (Å²) in [6.07, 6.45) is 3.92. The van der Waals surface area contributed by atoms with E-state index in [2.05, 4.69) is 6.92 Å². The third kappa shape index (κ3) is 6.63. The van der Waals surface area contributed by atoms with E-state index >= 15 is 0 Å². The summed E-state index contributed by atoms with van der Waals surface area (Å²) in [5.41, 5.74) is 0. The maximum Gasteiger partial charge on any atom is 0.322 e. The molecule has 0 aromatic carbocycles. The van der Waals surface area contributed by atoms with Crippen molar-refractivity contribution < 1.29 is 22.5 Å². The van der Waals surface area contributed by atoms with E-state index < -0.39 is 21.3 Å². The molecule has 0 saturated heterocycles. The van der Waals surface area contributed by atoms with Crippen molar-refractivity contribution in [1.82, 2.24) is 0 Å². The molecule has 0 N–H and O–H groups in total. The summed E-state index contributed by atoms with van der Waals surface area (Å²) in [6, 6.07) is 0. The average Bonchev–Trinajstić information content (AvgIpc) is 2.26. The van der Waals surface area contributed by atoms with E-state index in [1.54, 1.807) is 0 Å². The summed E-state index contributed by atoms with van der Waals surface area (Å²) >= 11 is 0. The van der Waals surface area contributed by atoms with Gasteiger partial charge >= 0.3 is 5.97 Å². The van der Waals surface area contributed by atoms with E-state index in [1.165, 1.54) is 0 Å². The minimum atomic E-state index is -4.60. The number of ether oxygens (including phenoxy) is 1. The molecule has 0 spiro atoms. The van der Waals surface area contributed by atoms with E-state index in [-0.39, 0.29) is 12.5 Å². The summed E-state index contributed by atoms with van der Waals surface area (Å²) < 4.78 is 36.7. The first-order valence-electron chi connectivity index (χ1n) is 5.94. The third-order valence-electron chi connectivity index (χ3n) is 2.77.